The van der Waals surface area contributed by atoms with Crippen molar-refractivity contribution in [3.05, 3.63) is 60.7 Å². The quantitative estimate of drug-likeness (QED) is 0.514. The van der Waals surface area contributed by atoms with Gasteiger partial charge >= 0.3 is 14.2 Å². The molecule has 0 bridgehead atoms. The van der Waals surface area contributed by atoms with Crippen molar-refractivity contribution in [2.75, 3.05) is 0 Å². The summed E-state index contributed by atoms with van der Waals surface area (Å²) in [6.45, 7) is 16.7. The predicted molar refractivity (Wildman–Crippen MR) is 141 cm³/mol. The van der Waals surface area contributed by atoms with Crippen LogP contribution in [0.3, 0.4) is 0 Å². The Bertz CT molecular complexity index is 1220. The fourth-order valence-electron chi connectivity index (χ4n) is 4.50. The van der Waals surface area contributed by atoms with Crippen LogP contribution in [0.15, 0.2) is 60.7 Å². The highest BCUT2D eigenvalue weighted by Gasteiger charge is 2.52. The highest BCUT2D eigenvalue weighted by atomic mass is 16.7. The normalized spacial score (nSPS) is 22.5. The Morgan fingerprint density at radius 1 is 0.529 bits per heavy atom. The van der Waals surface area contributed by atoms with Crippen molar-refractivity contribution in [1.29, 1.82) is 0 Å². The number of hydrogen-bond donors (Lipinski definition) is 0. The van der Waals surface area contributed by atoms with Crippen LogP contribution in [0.25, 0.3) is 21.9 Å². The van der Waals surface area contributed by atoms with Crippen molar-refractivity contribution >= 4 is 35.9 Å². The van der Waals surface area contributed by atoms with E-state index in [9.17, 15) is 0 Å². The minimum atomic E-state index is -0.390. The minimum absolute atomic E-state index is 0.370. The second kappa shape index (κ2) is 7.69. The highest BCUT2D eigenvalue weighted by molar-refractivity contribution is 6.63. The summed E-state index contributed by atoms with van der Waals surface area (Å²) >= 11 is 0. The molecular formula is C28H34B2O4. The van der Waals surface area contributed by atoms with E-state index >= 15 is 0 Å². The van der Waals surface area contributed by atoms with Gasteiger partial charge in [-0.1, -0.05) is 60.7 Å². The van der Waals surface area contributed by atoms with Gasteiger partial charge in [0, 0.05) is 0 Å². The molecular weight excluding hydrogens is 422 g/mol. The molecule has 0 saturated carbocycles. The van der Waals surface area contributed by atoms with Crippen molar-refractivity contribution in [2.45, 2.75) is 77.8 Å². The van der Waals surface area contributed by atoms with Gasteiger partial charge in [-0.3, -0.25) is 0 Å². The van der Waals surface area contributed by atoms with Gasteiger partial charge in [-0.15, -0.1) is 0 Å². The first-order valence-corrected chi connectivity index (χ1v) is 12.1. The van der Waals surface area contributed by atoms with E-state index in [0.29, 0.717) is 0 Å². The van der Waals surface area contributed by atoms with Gasteiger partial charge in [-0.25, -0.2) is 0 Å². The minimum Gasteiger partial charge on any atom is -0.399 e. The van der Waals surface area contributed by atoms with Crippen LogP contribution in [-0.4, -0.2) is 36.6 Å². The first-order valence-electron chi connectivity index (χ1n) is 12.1. The van der Waals surface area contributed by atoms with Crippen molar-refractivity contribution in [2.24, 2.45) is 0 Å². The molecule has 2 fully saturated rings. The summed E-state index contributed by atoms with van der Waals surface area (Å²) in [5.74, 6) is 0. The lowest BCUT2D eigenvalue weighted by Crippen LogP contribution is -2.41. The maximum absolute atomic E-state index is 6.31. The van der Waals surface area contributed by atoms with Crippen LogP contribution in [0.2, 0.25) is 0 Å². The SMILES string of the molecule is CC1(C)OB(c2cccc(-c3cccc4ccc(B5OC(C)(C)C(C)(C)O5)cc34)c2)OC1(C)C. The molecule has 0 aromatic heterocycles. The lowest BCUT2D eigenvalue weighted by atomic mass is 9.76. The summed E-state index contributed by atoms with van der Waals surface area (Å²) in [6.07, 6.45) is 0. The monoisotopic (exact) mass is 456 g/mol. The third-order valence-corrected chi connectivity index (χ3v) is 8.15. The molecule has 0 spiro atoms. The van der Waals surface area contributed by atoms with Crippen molar-refractivity contribution in [3.8, 4) is 11.1 Å². The zero-order valence-corrected chi connectivity index (χ0v) is 21.6. The highest BCUT2D eigenvalue weighted by Crippen LogP contribution is 2.38. The molecule has 0 N–H and O–H groups in total. The number of benzene rings is 3. The molecule has 0 unspecified atom stereocenters. The summed E-state index contributed by atoms with van der Waals surface area (Å²) in [5, 5.41) is 2.35. The molecule has 0 aliphatic carbocycles. The molecule has 0 atom stereocenters. The summed E-state index contributed by atoms with van der Waals surface area (Å²) in [5.41, 5.74) is 2.86. The summed E-state index contributed by atoms with van der Waals surface area (Å²) in [7, 11) is -0.779. The second-order valence-corrected chi connectivity index (χ2v) is 11.6. The van der Waals surface area contributed by atoms with Gasteiger partial charge in [-0.05, 0) is 88.2 Å². The van der Waals surface area contributed by atoms with Gasteiger partial charge in [-0.2, -0.15) is 0 Å². The molecule has 0 radical (unpaired) electrons. The van der Waals surface area contributed by atoms with E-state index in [1.54, 1.807) is 0 Å². The lowest BCUT2D eigenvalue weighted by molar-refractivity contribution is 0.00578. The smallest absolute Gasteiger partial charge is 0.399 e. The molecule has 3 aromatic rings. The number of fused-ring (bicyclic) bond motifs is 1. The summed E-state index contributed by atoms with van der Waals surface area (Å²) in [4.78, 5) is 0. The Balaban J connectivity index is 1.53. The fraction of sp³-hybridized carbons (Fsp3) is 0.429. The number of rotatable bonds is 3. The molecule has 3 aromatic carbocycles. The molecule has 2 aliphatic heterocycles. The van der Waals surface area contributed by atoms with Gasteiger partial charge in [0.15, 0.2) is 0 Å². The van der Waals surface area contributed by atoms with Gasteiger partial charge < -0.3 is 18.6 Å². The van der Waals surface area contributed by atoms with E-state index in [-0.39, 0.29) is 29.5 Å². The molecule has 2 heterocycles. The Labute approximate surface area is 204 Å². The van der Waals surface area contributed by atoms with Gasteiger partial charge in [0.05, 0.1) is 22.4 Å². The second-order valence-electron chi connectivity index (χ2n) is 11.6. The average molecular weight is 456 g/mol. The molecule has 5 rings (SSSR count). The summed E-state index contributed by atoms with van der Waals surface area (Å²) in [6, 6.07) is 21.3. The Hall–Kier alpha value is -2.11. The first-order chi connectivity index (χ1) is 15.8. The van der Waals surface area contributed by atoms with Crippen LogP contribution in [0.5, 0.6) is 0 Å². The van der Waals surface area contributed by atoms with Crippen LogP contribution in [-0.2, 0) is 18.6 Å². The van der Waals surface area contributed by atoms with Crippen molar-refractivity contribution < 1.29 is 18.6 Å². The van der Waals surface area contributed by atoms with Crippen LogP contribution >= 0.6 is 0 Å². The average Bonchev–Trinajstić information content (AvgIpc) is 3.12. The lowest BCUT2D eigenvalue weighted by Gasteiger charge is -2.32. The maximum atomic E-state index is 6.31. The molecule has 176 valence electrons. The van der Waals surface area contributed by atoms with Crippen molar-refractivity contribution in [1.82, 2.24) is 0 Å². The standard InChI is InChI=1S/C28H34B2O4/c1-25(2)26(3,4)32-29(31-25)21-13-9-12-20(17-21)23-14-10-11-19-15-16-22(18-24(19)23)30-33-27(5,6)28(7,8)34-30/h9-18H,1-8H3. The first kappa shape index (κ1) is 23.6. The molecule has 34 heavy (non-hydrogen) atoms. The topological polar surface area (TPSA) is 36.9 Å². The van der Waals surface area contributed by atoms with Crippen molar-refractivity contribution in [3.63, 3.8) is 0 Å². The summed E-state index contributed by atoms with van der Waals surface area (Å²) < 4.78 is 25.2. The van der Waals surface area contributed by atoms with Crippen LogP contribution in [0.1, 0.15) is 55.4 Å². The molecule has 6 heteroatoms. The van der Waals surface area contributed by atoms with Crippen LogP contribution in [0, 0.1) is 0 Å². The van der Waals surface area contributed by atoms with Gasteiger partial charge in [0.1, 0.15) is 0 Å². The molecule has 2 saturated heterocycles. The Morgan fingerprint density at radius 3 is 1.59 bits per heavy atom. The largest absolute Gasteiger partial charge is 0.494 e. The van der Waals surface area contributed by atoms with E-state index in [1.165, 1.54) is 10.8 Å². The molecule has 0 amide bonds. The number of hydrogen-bond acceptors (Lipinski definition) is 4. The van der Waals surface area contributed by atoms with E-state index in [2.05, 4.69) is 116 Å². The van der Waals surface area contributed by atoms with Crippen LogP contribution in [0.4, 0.5) is 0 Å². The third-order valence-electron chi connectivity index (χ3n) is 8.15. The molecule has 2 aliphatic rings. The van der Waals surface area contributed by atoms with E-state index in [4.69, 9.17) is 18.6 Å². The van der Waals surface area contributed by atoms with Crippen LogP contribution < -0.4 is 10.9 Å². The van der Waals surface area contributed by atoms with E-state index < -0.39 is 7.12 Å². The third kappa shape index (κ3) is 3.81. The Morgan fingerprint density at radius 2 is 1.03 bits per heavy atom. The zero-order valence-electron chi connectivity index (χ0n) is 21.6. The zero-order chi connectivity index (χ0) is 24.5. The molecule has 4 nitrogen and oxygen atoms in total. The van der Waals surface area contributed by atoms with E-state index in [0.717, 1.165) is 22.1 Å². The fourth-order valence-corrected chi connectivity index (χ4v) is 4.50. The van der Waals surface area contributed by atoms with Gasteiger partial charge in [0.2, 0.25) is 0 Å². The van der Waals surface area contributed by atoms with Gasteiger partial charge in [0.25, 0.3) is 0 Å². The maximum Gasteiger partial charge on any atom is 0.494 e. The Kier molecular flexibility index (Phi) is 5.35. The van der Waals surface area contributed by atoms with E-state index in [1.807, 2.05) is 0 Å². The predicted octanol–water partition coefficient (Wildman–Crippen LogP) is 5.11.